The number of pyridine rings is 1. The van der Waals surface area contributed by atoms with Crippen molar-refractivity contribution in [1.82, 2.24) is 4.98 Å². The van der Waals surface area contributed by atoms with Crippen molar-refractivity contribution in [3.63, 3.8) is 0 Å². The van der Waals surface area contributed by atoms with Gasteiger partial charge in [0.05, 0.1) is 25.9 Å². The first-order valence-corrected chi connectivity index (χ1v) is 5.09. The van der Waals surface area contributed by atoms with Crippen molar-refractivity contribution in [3.05, 3.63) is 30.1 Å². The van der Waals surface area contributed by atoms with Crippen molar-refractivity contribution in [1.29, 1.82) is 0 Å². The van der Waals surface area contributed by atoms with Gasteiger partial charge >= 0.3 is 0 Å². The molecule has 3 heteroatoms. The molecular formula is C11H15N2O+. The normalized spacial score (nSPS) is 18.4. The molecule has 2 heterocycles. The minimum atomic E-state index is 0.420. The molecule has 14 heavy (non-hydrogen) atoms. The van der Waals surface area contributed by atoms with Gasteiger partial charge in [0, 0.05) is 18.0 Å². The summed E-state index contributed by atoms with van der Waals surface area (Å²) in [4.78, 5) is 16.5. The number of nitrogens with one attached hydrogen (secondary N) is 1. The van der Waals surface area contributed by atoms with Crippen LogP contribution in [0.3, 0.4) is 0 Å². The van der Waals surface area contributed by atoms with E-state index in [1.54, 1.807) is 0 Å². The molecule has 2 rings (SSSR count). The topological polar surface area (TPSA) is 34.4 Å². The molecule has 3 nitrogen and oxygen atoms in total. The summed E-state index contributed by atoms with van der Waals surface area (Å²) in [6.07, 6.45) is 5.15. The average Bonchev–Trinajstić information content (AvgIpc) is 2.23. The molecule has 0 aliphatic carbocycles. The van der Waals surface area contributed by atoms with Gasteiger partial charge < -0.3 is 4.90 Å². The Morgan fingerprint density at radius 1 is 1.21 bits per heavy atom. The Balaban J connectivity index is 1.89. The first kappa shape index (κ1) is 9.34. The van der Waals surface area contributed by atoms with Crippen molar-refractivity contribution in [2.45, 2.75) is 19.4 Å². The lowest BCUT2D eigenvalue weighted by Gasteiger charge is -2.22. The first-order valence-electron chi connectivity index (χ1n) is 5.09. The van der Waals surface area contributed by atoms with Crippen LogP contribution in [0.15, 0.2) is 24.5 Å². The van der Waals surface area contributed by atoms with Gasteiger partial charge in [0.1, 0.15) is 12.3 Å². The third-order valence-electron chi connectivity index (χ3n) is 2.72. The Hall–Kier alpha value is -1.22. The number of rotatable bonds is 2. The van der Waals surface area contributed by atoms with Crippen LogP contribution in [-0.4, -0.2) is 23.9 Å². The highest BCUT2D eigenvalue weighted by atomic mass is 16.1. The summed E-state index contributed by atoms with van der Waals surface area (Å²) in [5, 5.41) is 0. The molecule has 0 atom stereocenters. The second-order valence-corrected chi connectivity index (χ2v) is 3.82. The van der Waals surface area contributed by atoms with Crippen LogP contribution in [-0.2, 0) is 11.3 Å². The molecule has 1 aliphatic rings. The van der Waals surface area contributed by atoms with Crippen LogP contribution in [0.2, 0.25) is 0 Å². The molecule has 0 spiro atoms. The Labute approximate surface area is 83.8 Å². The number of ketones is 1. The Morgan fingerprint density at radius 3 is 2.50 bits per heavy atom. The zero-order valence-electron chi connectivity index (χ0n) is 8.20. The molecule has 1 aromatic rings. The molecule has 0 unspecified atom stereocenters. The molecule has 1 N–H and O–H groups in total. The van der Waals surface area contributed by atoms with Gasteiger partial charge in [0.25, 0.3) is 0 Å². The van der Waals surface area contributed by atoms with Gasteiger partial charge in [-0.05, 0) is 12.1 Å². The van der Waals surface area contributed by atoms with E-state index in [0.717, 1.165) is 32.5 Å². The first-order chi connectivity index (χ1) is 6.84. The van der Waals surface area contributed by atoms with Gasteiger partial charge in [-0.2, -0.15) is 0 Å². The van der Waals surface area contributed by atoms with E-state index < -0.39 is 0 Å². The zero-order chi connectivity index (χ0) is 9.80. The fourth-order valence-electron chi connectivity index (χ4n) is 1.85. The number of piperidine rings is 1. The highest BCUT2D eigenvalue weighted by Gasteiger charge is 2.18. The fourth-order valence-corrected chi connectivity index (χ4v) is 1.85. The predicted octanol–water partition coefficient (Wildman–Crippen LogP) is -0.171. The number of likely N-dealkylation sites (tertiary alicyclic amines) is 1. The lowest BCUT2D eigenvalue weighted by atomic mass is 10.1. The van der Waals surface area contributed by atoms with Gasteiger partial charge in [-0.15, -0.1) is 0 Å². The van der Waals surface area contributed by atoms with Gasteiger partial charge in [0.2, 0.25) is 0 Å². The van der Waals surface area contributed by atoms with E-state index in [1.165, 1.54) is 10.5 Å². The van der Waals surface area contributed by atoms with Crippen molar-refractivity contribution in [2.75, 3.05) is 13.1 Å². The average molecular weight is 191 g/mol. The number of hydrogen-bond acceptors (Lipinski definition) is 2. The molecule has 1 aliphatic heterocycles. The summed E-state index contributed by atoms with van der Waals surface area (Å²) >= 11 is 0. The standard InChI is InChI=1S/C11H14N2O/c14-11-3-7-13(8-4-11)9-10-1-5-12-6-2-10/h1-2,5-6H,3-4,7-9H2/p+1. The van der Waals surface area contributed by atoms with Gasteiger partial charge in [0.15, 0.2) is 0 Å². The Morgan fingerprint density at radius 2 is 1.86 bits per heavy atom. The van der Waals surface area contributed by atoms with Crippen molar-refractivity contribution in [2.24, 2.45) is 0 Å². The molecular weight excluding hydrogens is 176 g/mol. The van der Waals surface area contributed by atoms with Crippen molar-refractivity contribution >= 4 is 5.78 Å². The number of Topliss-reactive ketones (excluding diaryl/α,β-unsaturated/α-hetero) is 1. The monoisotopic (exact) mass is 191 g/mol. The second-order valence-electron chi connectivity index (χ2n) is 3.82. The van der Waals surface area contributed by atoms with E-state index in [-0.39, 0.29) is 0 Å². The van der Waals surface area contributed by atoms with Crippen LogP contribution in [0.4, 0.5) is 0 Å². The molecule has 0 radical (unpaired) electrons. The lowest BCUT2D eigenvalue weighted by Crippen LogP contribution is -3.11. The van der Waals surface area contributed by atoms with Crippen LogP contribution in [0.1, 0.15) is 18.4 Å². The number of nitrogens with zero attached hydrogens (tertiary/aromatic N) is 1. The highest BCUT2D eigenvalue weighted by molar-refractivity contribution is 5.78. The SMILES string of the molecule is O=C1CC[NH+](Cc2ccncc2)CC1. The number of carbonyl (C=O) groups is 1. The highest BCUT2D eigenvalue weighted by Crippen LogP contribution is 1.95. The Kier molecular flexibility index (Phi) is 2.89. The van der Waals surface area contributed by atoms with Crippen LogP contribution < -0.4 is 4.90 Å². The van der Waals surface area contributed by atoms with Gasteiger partial charge in [-0.25, -0.2) is 0 Å². The summed E-state index contributed by atoms with van der Waals surface area (Å²) in [6.45, 7) is 3.00. The van der Waals surface area contributed by atoms with Crippen LogP contribution in [0.5, 0.6) is 0 Å². The molecule has 74 valence electrons. The minimum Gasteiger partial charge on any atom is -0.330 e. The summed E-state index contributed by atoms with van der Waals surface area (Å²) in [5.41, 5.74) is 1.31. The maximum Gasteiger partial charge on any atom is 0.144 e. The van der Waals surface area contributed by atoms with E-state index in [1.807, 2.05) is 24.5 Å². The third-order valence-corrected chi connectivity index (χ3v) is 2.72. The molecule has 0 amide bonds. The molecule has 1 saturated heterocycles. The van der Waals surface area contributed by atoms with Crippen molar-refractivity contribution < 1.29 is 9.69 Å². The number of quaternary nitrogens is 1. The van der Waals surface area contributed by atoms with E-state index >= 15 is 0 Å². The lowest BCUT2D eigenvalue weighted by molar-refractivity contribution is -0.915. The fraction of sp³-hybridized carbons (Fsp3) is 0.455. The molecule has 0 aromatic carbocycles. The van der Waals surface area contributed by atoms with E-state index in [9.17, 15) is 4.79 Å². The third kappa shape index (κ3) is 2.39. The summed E-state index contributed by atoms with van der Waals surface area (Å²) in [7, 11) is 0. The van der Waals surface area contributed by atoms with Gasteiger partial charge in [-0.1, -0.05) is 0 Å². The maximum atomic E-state index is 11.0. The number of carbonyl (C=O) groups excluding carboxylic acids is 1. The van der Waals surface area contributed by atoms with Crippen LogP contribution >= 0.6 is 0 Å². The smallest absolute Gasteiger partial charge is 0.144 e. The maximum absolute atomic E-state index is 11.0. The van der Waals surface area contributed by atoms with Crippen LogP contribution in [0, 0.1) is 0 Å². The second kappa shape index (κ2) is 4.33. The minimum absolute atomic E-state index is 0.420. The summed E-state index contributed by atoms with van der Waals surface area (Å²) in [5.74, 6) is 0.420. The van der Waals surface area contributed by atoms with Gasteiger partial charge in [-0.3, -0.25) is 9.78 Å². The molecule has 0 bridgehead atoms. The Bertz CT molecular complexity index is 300. The summed E-state index contributed by atoms with van der Waals surface area (Å²) in [6, 6.07) is 4.09. The summed E-state index contributed by atoms with van der Waals surface area (Å²) < 4.78 is 0. The number of hydrogen-bond donors (Lipinski definition) is 1. The molecule has 1 aromatic heterocycles. The number of aromatic nitrogens is 1. The predicted molar refractivity (Wildman–Crippen MR) is 52.9 cm³/mol. The molecule has 0 saturated carbocycles. The zero-order valence-corrected chi connectivity index (χ0v) is 8.20. The van der Waals surface area contributed by atoms with Crippen molar-refractivity contribution in [3.8, 4) is 0 Å². The van der Waals surface area contributed by atoms with E-state index in [4.69, 9.17) is 0 Å². The van der Waals surface area contributed by atoms with E-state index in [2.05, 4.69) is 4.98 Å². The quantitative estimate of drug-likeness (QED) is 0.704. The largest absolute Gasteiger partial charge is 0.330 e. The van der Waals surface area contributed by atoms with E-state index in [0.29, 0.717) is 5.78 Å². The molecule has 1 fully saturated rings. The van der Waals surface area contributed by atoms with Crippen LogP contribution in [0.25, 0.3) is 0 Å².